The molecule has 1 aromatic heterocycles. The highest BCUT2D eigenvalue weighted by molar-refractivity contribution is 5.93. The smallest absolute Gasteiger partial charge is 0.257 e. The third-order valence-electron chi connectivity index (χ3n) is 3.65. The van der Waals surface area contributed by atoms with Gasteiger partial charge in [0, 0.05) is 24.8 Å². The molecule has 0 bridgehead atoms. The number of para-hydroxylation sites is 1. The predicted molar refractivity (Wildman–Crippen MR) is 90.4 cm³/mol. The summed E-state index contributed by atoms with van der Waals surface area (Å²) in [4.78, 5) is 14.5. The molecule has 0 radical (unpaired) electrons. The van der Waals surface area contributed by atoms with Gasteiger partial charge in [0.1, 0.15) is 5.75 Å². The van der Waals surface area contributed by atoms with Crippen molar-refractivity contribution in [2.24, 2.45) is 0 Å². The molecular weight excluding hydrogens is 290 g/mol. The lowest BCUT2D eigenvalue weighted by Crippen LogP contribution is -2.31. The van der Waals surface area contributed by atoms with Gasteiger partial charge in [-0.25, -0.2) is 0 Å². The highest BCUT2D eigenvalue weighted by atomic mass is 16.3. The highest BCUT2D eigenvalue weighted by Crippen LogP contribution is 2.20. The number of aromatic nitrogens is 2. The Labute approximate surface area is 137 Å². The van der Waals surface area contributed by atoms with Crippen molar-refractivity contribution in [2.75, 3.05) is 6.54 Å². The first-order valence-corrected chi connectivity index (χ1v) is 7.94. The van der Waals surface area contributed by atoms with Crippen LogP contribution in [-0.2, 0) is 12.1 Å². The molecular formula is C18H25N3O2. The van der Waals surface area contributed by atoms with E-state index in [0.717, 1.165) is 12.0 Å². The zero-order chi connectivity index (χ0) is 17.0. The van der Waals surface area contributed by atoms with E-state index in [1.165, 1.54) is 0 Å². The molecule has 0 saturated carbocycles. The van der Waals surface area contributed by atoms with Crippen LogP contribution in [0.15, 0.2) is 36.7 Å². The first-order chi connectivity index (χ1) is 10.8. The maximum atomic E-state index is 12.8. The minimum atomic E-state index is -0.161. The molecule has 23 heavy (non-hydrogen) atoms. The van der Waals surface area contributed by atoms with Gasteiger partial charge in [-0.1, -0.05) is 25.1 Å². The maximum Gasteiger partial charge on any atom is 0.257 e. The van der Waals surface area contributed by atoms with Gasteiger partial charge in [0.25, 0.3) is 5.91 Å². The van der Waals surface area contributed by atoms with E-state index in [-0.39, 0.29) is 17.2 Å². The summed E-state index contributed by atoms with van der Waals surface area (Å²) in [5.41, 5.74) is 1.16. The van der Waals surface area contributed by atoms with Crippen LogP contribution in [0.2, 0.25) is 0 Å². The predicted octanol–water partition coefficient (Wildman–Crippen LogP) is 3.40. The minimum Gasteiger partial charge on any atom is -0.508 e. The Hall–Kier alpha value is -2.30. The SMILES string of the molecule is CCCN(Cc1ccccc1O)C(=O)c1cnn(C(C)(C)C)c1. The van der Waals surface area contributed by atoms with Gasteiger partial charge in [0.2, 0.25) is 0 Å². The molecule has 1 N–H and O–H groups in total. The largest absolute Gasteiger partial charge is 0.508 e. The summed E-state index contributed by atoms with van der Waals surface area (Å²) in [6.45, 7) is 9.18. The first-order valence-electron chi connectivity index (χ1n) is 7.94. The van der Waals surface area contributed by atoms with E-state index in [0.29, 0.717) is 18.7 Å². The number of hydrogen-bond acceptors (Lipinski definition) is 3. The number of phenols is 1. The van der Waals surface area contributed by atoms with Gasteiger partial charge in [0.15, 0.2) is 0 Å². The summed E-state index contributed by atoms with van der Waals surface area (Å²) in [6.07, 6.45) is 4.25. The van der Waals surface area contributed by atoms with E-state index in [1.807, 2.05) is 39.8 Å². The molecule has 0 unspecified atom stereocenters. The average Bonchev–Trinajstić information content (AvgIpc) is 2.98. The lowest BCUT2D eigenvalue weighted by atomic mass is 10.1. The Bertz CT molecular complexity index is 671. The number of hydrogen-bond donors (Lipinski definition) is 1. The molecule has 5 heteroatoms. The van der Waals surface area contributed by atoms with Crippen molar-refractivity contribution in [2.45, 2.75) is 46.2 Å². The van der Waals surface area contributed by atoms with E-state index in [9.17, 15) is 9.90 Å². The Morgan fingerprint density at radius 3 is 2.57 bits per heavy atom. The third-order valence-corrected chi connectivity index (χ3v) is 3.65. The summed E-state index contributed by atoms with van der Waals surface area (Å²) < 4.78 is 1.80. The molecule has 0 spiro atoms. The molecule has 0 saturated heterocycles. The summed E-state index contributed by atoms with van der Waals surface area (Å²) in [5, 5.41) is 14.2. The van der Waals surface area contributed by atoms with Crippen LogP contribution in [0.5, 0.6) is 5.75 Å². The second-order valence-electron chi connectivity index (χ2n) is 6.70. The van der Waals surface area contributed by atoms with E-state index in [4.69, 9.17) is 0 Å². The maximum absolute atomic E-state index is 12.8. The fourth-order valence-corrected chi connectivity index (χ4v) is 2.36. The summed E-state index contributed by atoms with van der Waals surface area (Å²) in [5.74, 6) is 0.150. The van der Waals surface area contributed by atoms with Gasteiger partial charge in [-0.15, -0.1) is 0 Å². The third kappa shape index (κ3) is 4.12. The average molecular weight is 315 g/mol. The van der Waals surface area contributed by atoms with Crippen molar-refractivity contribution in [3.05, 3.63) is 47.8 Å². The fourth-order valence-electron chi connectivity index (χ4n) is 2.36. The zero-order valence-corrected chi connectivity index (χ0v) is 14.3. The Balaban J connectivity index is 2.22. The van der Waals surface area contributed by atoms with E-state index >= 15 is 0 Å². The number of benzene rings is 1. The molecule has 0 atom stereocenters. The Morgan fingerprint density at radius 2 is 2.00 bits per heavy atom. The highest BCUT2D eigenvalue weighted by Gasteiger charge is 2.21. The fraction of sp³-hybridized carbons (Fsp3) is 0.444. The Kier molecular flexibility index (Phi) is 5.08. The minimum absolute atomic E-state index is 0.0643. The molecule has 1 heterocycles. The molecule has 0 aliphatic rings. The number of rotatable bonds is 5. The van der Waals surface area contributed by atoms with Crippen molar-refractivity contribution in [3.63, 3.8) is 0 Å². The van der Waals surface area contributed by atoms with Crippen LogP contribution in [0.1, 0.15) is 50.0 Å². The van der Waals surface area contributed by atoms with Gasteiger partial charge in [0.05, 0.1) is 17.3 Å². The summed E-state index contributed by atoms with van der Waals surface area (Å²) in [7, 11) is 0. The summed E-state index contributed by atoms with van der Waals surface area (Å²) >= 11 is 0. The van der Waals surface area contributed by atoms with Crippen molar-refractivity contribution in [3.8, 4) is 5.75 Å². The molecule has 5 nitrogen and oxygen atoms in total. The molecule has 0 aliphatic carbocycles. The van der Waals surface area contributed by atoms with Crippen molar-refractivity contribution in [1.29, 1.82) is 0 Å². The van der Waals surface area contributed by atoms with Crippen LogP contribution in [0.25, 0.3) is 0 Å². The zero-order valence-electron chi connectivity index (χ0n) is 14.3. The van der Waals surface area contributed by atoms with Crippen molar-refractivity contribution >= 4 is 5.91 Å². The van der Waals surface area contributed by atoms with E-state index in [1.54, 1.807) is 34.1 Å². The molecule has 1 amide bonds. The monoisotopic (exact) mass is 315 g/mol. The molecule has 1 aromatic carbocycles. The van der Waals surface area contributed by atoms with Crippen LogP contribution in [0, 0.1) is 0 Å². The van der Waals surface area contributed by atoms with Gasteiger partial charge >= 0.3 is 0 Å². The lowest BCUT2D eigenvalue weighted by molar-refractivity contribution is 0.0742. The molecule has 0 fully saturated rings. The first kappa shape index (κ1) is 17.1. The van der Waals surface area contributed by atoms with Gasteiger partial charge in [-0.05, 0) is 33.3 Å². The van der Waals surface area contributed by atoms with E-state index < -0.39 is 0 Å². The number of aromatic hydroxyl groups is 1. The molecule has 2 rings (SSSR count). The van der Waals surface area contributed by atoms with Gasteiger partial charge in [-0.2, -0.15) is 5.10 Å². The van der Waals surface area contributed by atoms with Gasteiger partial charge in [-0.3, -0.25) is 9.48 Å². The molecule has 124 valence electrons. The second kappa shape index (κ2) is 6.86. The van der Waals surface area contributed by atoms with Crippen LogP contribution in [0.3, 0.4) is 0 Å². The van der Waals surface area contributed by atoms with Crippen LogP contribution in [-0.4, -0.2) is 32.2 Å². The summed E-state index contributed by atoms with van der Waals surface area (Å²) in [6, 6.07) is 7.12. The molecule has 0 aliphatic heterocycles. The lowest BCUT2D eigenvalue weighted by Gasteiger charge is -2.22. The topological polar surface area (TPSA) is 58.4 Å². The van der Waals surface area contributed by atoms with Crippen molar-refractivity contribution < 1.29 is 9.90 Å². The number of carbonyl (C=O) groups is 1. The number of phenolic OH excluding ortho intramolecular Hbond substituents is 1. The molecule has 2 aromatic rings. The van der Waals surface area contributed by atoms with Crippen LogP contribution in [0.4, 0.5) is 0 Å². The van der Waals surface area contributed by atoms with Crippen LogP contribution >= 0.6 is 0 Å². The second-order valence-corrected chi connectivity index (χ2v) is 6.70. The van der Waals surface area contributed by atoms with E-state index in [2.05, 4.69) is 5.10 Å². The number of amides is 1. The Morgan fingerprint density at radius 1 is 1.30 bits per heavy atom. The number of carbonyl (C=O) groups excluding carboxylic acids is 1. The standard InChI is InChI=1S/C18H25N3O2/c1-5-10-20(12-14-8-6-7-9-16(14)22)17(23)15-11-19-21(13-15)18(2,3)4/h6-9,11,13,22H,5,10,12H2,1-4H3. The van der Waals surface area contributed by atoms with Gasteiger partial charge < -0.3 is 10.0 Å². The van der Waals surface area contributed by atoms with Crippen LogP contribution < -0.4 is 0 Å². The quantitative estimate of drug-likeness (QED) is 0.920. The number of nitrogens with zero attached hydrogens (tertiary/aromatic N) is 3. The van der Waals surface area contributed by atoms with Crippen molar-refractivity contribution in [1.82, 2.24) is 14.7 Å². The normalized spacial score (nSPS) is 11.5.